The van der Waals surface area contributed by atoms with Crippen LogP contribution in [-0.2, 0) is 0 Å². The molecule has 0 bridgehead atoms. The molecule has 2 heterocycles. The molecule has 0 aliphatic carbocycles. The second-order valence-electron chi connectivity index (χ2n) is 3.29. The van der Waals surface area contributed by atoms with Crippen molar-refractivity contribution in [3.63, 3.8) is 0 Å². The van der Waals surface area contributed by atoms with Crippen LogP contribution in [0.3, 0.4) is 0 Å². The third-order valence-corrected chi connectivity index (χ3v) is 3.75. The molecular formula is C11H11ClN2S. The largest absolute Gasteiger partial charge is 0.320 e. The second kappa shape index (κ2) is 4.31. The number of nitrogens with zero attached hydrogens (tertiary/aromatic N) is 1. The third kappa shape index (κ3) is 2.04. The summed E-state index contributed by atoms with van der Waals surface area (Å²) in [4.78, 5) is 5.21. The summed E-state index contributed by atoms with van der Waals surface area (Å²) in [6.45, 7) is 1.96. The Labute approximate surface area is 97.7 Å². The van der Waals surface area contributed by atoms with Gasteiger partial charge in [-0.1, -0.05) is 17.7 Å². The Balaban J connectivity index is 2.41. The van der Waals surface area contributed by atoms with Gasteiger partial charge in [0, 0.05) is 16.8 Å². The molecule has 0 amide bonds. The molecule has 2 nitrogen and oxygen atoms in total. The van der Waals surface area contributed by atoms with Gasteiger partial charge in [-0.3, -0.25) is 4.98 Å². The van der Waals surface area contributed by atoms with Gasteiger partial charge in [0.15, 0.2) is 0 Å². The summed E-state index contributed by atoms with van der Waals surface area (Å²) in [5.74, 6) is 0. The predicted octanol–water partition coefficient (Wildman–Crippen LogP) is 3.15. The van der Waals surface area contributed by atoms with E-state index in [1.54, 1.807) is 17.5 Å². The molecule has 0 fully saturated rings. The van der Waals surface area contributed by atoms with Crippen LogP contribution in [0.4, 0.5) is 0 Å². The lowest BCUT2D eigenvalue weighted by Crippen LogP contribution is -2.12. The average molecular weight is 239 g/mol. The first-order chi connectivity index (χ1) is 7.20. The number of pyridine rings is 1. The molecule has 2 rings (SSSR count). The van der Waals surface area contributed by atoms with E-state index in [9.17, 15) is 0 Å². The van der Waals surface area contributed by atoms with E-state index in [1.165, 1.54) is 0 Å². The lowest BCUT2D eigenvalue weighted by Gasteiger charge is -2.12. The highest BCUT2D eigenvalue weighted by Gasteiger charge is 2.15. The Bertz CT molecular complexity index is 467. The molecule has 0 aliphatic rings. The average Bonchev–Trinajstić information content (AvgIpc) is 2.64. The first kappa shape index (κ1) is 10.6. The minimum absolute atomic E-state index is 0.175. The van der Waals surface area contributed by atoms with Crippen molar-refractivity contribution in [3.05, 3.63) is 50.9 Å². The molecule has 2 aromatic heterocycles. The van der Waals surface area contributed by atoms with Crippen molar-refractivity contribution >= 4 is 22.9 Å². The van der Waals surface area contributed by atoms with Crippen LogP contribution in [0.2, 0.25) is 5.02 Å². The van der Waals surface area contributed by atoms with Crippen LogP contribution in [-0.4, -0.2) is 4.98 Å². The standard InChI is InChI=1S/C11H11ClN2S/c1-7-8(3-2-5-14-7)10(13)11-9(12)4-6-15-11/h2-6,10H,13H2,1H3. The summed E-state index contributed by atoms with van der Waals surface area (Å²) in [7, 11) is 0. The maximum atomic E-state index is 6.15. The molecule has 1 atom stereocenters. The summed E-state index contributed by atoms with van der Waals surface area (Å²) in [5.41, 5.74) is 8.13. The van der Waals surface area contributed by atoms with Crippen molar-refractivity contribution in [3.8, 4) is 0 Å². The molecule has 4 heteroatoms. The minimum atomic E-state index is -0.175. The fourth-order valence-electron chi connectivity index (χ4n) is 1.49. The predicted molar refractivity (Wildman–Crippen MR) is 64.3 cm³/mol. The molecule has 2 aromatic rings. The van der Waals surface area contributed by atoms with Gasteiger partial charge >= 0.3 is 0 Å². The molecule has 15 heavy (non-hydrogen) atoms. The van der Waals surface area contributed by atoms with Gasteiger partial charge in [0.05, 0.1) is 11.1 Å². The van der Waals surface area contributed by atoms with Crippen LogP contribution < -0.4 is 5.73 Å². The van der Waals surface area contributed by atoms with E-state index in [-0.39, 0.29) is 6.04 Å². The van der Waals surface area contributed by atoms with E-state index in [0.29, 0.717) is 0 Å². The number of rotatable bonds is 2. The van der Waals surface area contributed by atoms with Crippen molar-refractivity contribution in [2.75, 3.05) is 0 Å². The topological polar surface area (TPSA) is 38.9 Å². The summed E-state index contributed by atoms with van der Waals surface area (Å²) in [6, 6.07) is 5.58. The van der Waals surface area contributed by atoms with Gasteiger partial charge in [0.25, 0.3) is 0 Å². The first-order valence-corrected chi connectivity index (χ1v) is 5.86. The van der Waals surface area contributed by atoms with Crippen LogP contribution in [0.25, 0.3) is 0 Å². The molecule has 0 spiro atoms. The zero-order chi connectivity index (χ0) is 10.8. The van der Waals surface area contributed by atoms with Gasteiger partial charge in [-0.05, 0) is 30.0 Å². The fourth-order valence-corrected chi connectivity index (χ4v) is 2.69. The molecule has 0 saturated heterocycles. The Morgan fingerprint density at radius 3 is 2.87 bits per heavy atom. The van der Waals surface area contributed by atoms with Gasteiger partial charge in [-0.2, -0.15) is 0 Å². The summed E-state index contributed by atoms with van der Waals surface area (Å²) >= 11 is 7.62. The molecular weight excluding hydrogens is 228 g/mol. The van der Waals surface area contributed by atoms with Crippen LogP contribution >= 0.6 is 22.9 Å². The Kier molecular flexibility index (Phi) is 3.05. The van der Waals surface area contributed by atoms with E-state index in [1.807, 2.05) is 30.5 Å². The number of aryl methyl sites for hydroxylation is 1. The lowest BCUT2D eigenvalue weighted by atomic mass is 10.1. The Morgan fingerprint density at radius 2 is 2.27 bits per heavy atom. The normalized spacial score (nSPS) is 12.7. The van der Waals surface area contributed by atoms with E-state index in [4.69, 9.17) is 17.3 Å². The maximum absolute atomic E-state index is 6.15. The highest BCUT2D eigenvalue weighted by atomic mass is 35.5. The van der Waals surface area contributed by atoms with Crippen molar-refractivity contribution < 1.29 is 0 Å². The smallest absolute Gasteiger partial charge is 0.0678 e. The third-order valence-electron chi connectivity index (χ3n) is 2.31. The van der Waals surface area contributed by atoms with Crippen LogP contribution in [0.1, 0.15) is 22.2 Å². The highest BCUT2D eigenvalue weighted by molar-refractivity contribution is 7.10. The van der Waals surface area contributed by atoms with Crippen molar-refractivity contribution in [2.24, 2.45) is 5.73 Å². The number of thiophene rings is 1. The molecule has 78 valence electrons. The summed E-state index contributed by atoms with van der Waals surface area (Å²) < 4.78 is 0. The molecule has 2 N–H and O–H groups in total. The molecule has 0 aromatic carbocycles. The van der Waals surface area contributed by atoms with Gasteiger partial charge in [-0.15, -0.1) is 11.3 Å². The molecule has 1 unspecified atom stereocenters. The second-order valence-corrected chi connectivity index (χ2v) is 4.64. The molecule has 0 saturated carbocycles. The van der Waals surface area contributed by atoms with Gasteiger partial charge in [0.2, 0.25) is 0 Å². The highest BCUT2D eigenvalue weighted by Crippen LogP contribution is 2.31. The number of nitrogens with two attached hydrogens (primary N) is 1. The van der Waals surface area contributed by atoms with E-state index in [0.717, 1.165) is 21.2 Å². The Morgan fingerprint density at radius 1 is 1.47 bits per heavy atom. The number of aromatic nitrogens is 1. The van der Waals surface area contributed by atoms with Crippen LogP contribution in [0.5, 0.6) is 0 Å². The fraction of sp³-hybridized carbons (Fsp3) is 0.182. The van der Waals surface area contributed by atoms with E-state index in [2.05, 4.69) is 4.98 Å². The van der Waals surface area contributed by atoms with E-state index < -0.39 is 0 Å². The molecule has 0 radical (unpaired) electrons. The van der Waals surface area contributed by atoms with Crippen molar-refractivity contribution in [1.29, 1.82) is 0 Å². The molecule has 0 aliphatic heterocycles. The number of hydrogen-bond acceptors (Lipinski definition) is 3. The maximum Gasteiger partial charge on any atom is 0.0678 e. The lowest BCUT2D eigenvalue weighted by molar-refractivity contribution is 0.867. The monoisotopic (exact) mass is 238 g/mol. The van der Waals surface area contributed by atoms with Crippen LogP contribution in [0.15, 0.2) is 29.8 Å². The summed E-state index contributed by atoms with van der Waals surface area (Å²) in [6.07, 6.45) is 1.77. The van der Waals surface area contributed by atoms with Gasteiger partial charge in [-0.25, -0.2) is 0 Å². The zero-order valence-corrected chi connectivity index (χ0v) is 9.85. The Hall–Kier alpha value is -0.900. The zero-order valence-electron chi connectivity index (χ0n) is 8.27. The van der Waals surface area contributed by atoms with Crippen molar-refractivity contribution in [2.45, 2.75) is 13.0 Å². The van der Waals surface area contributed by atoms with Gasteiger partial charge < -0.3 is 5.73 Å². The number of halogens is 1. The SMILES string of the molecule is Cc1ncccc1C(N)c1sccc1Cl. The summed E-state index contributed by atoms with van der Waals surface area (Å²) in [5, 5.41) is 2.68. The van der Waals surface area contributed by atoms with Crippen LogP contribution in [0, 0.1) is 6.92 Å². The van der Waals surface area contributed by atoms with E-state index >= 15 is 0 Å². The number of hydrogen-bond donors (Lipinski definition) is 1. The first-order valence-electron chi connectivity index (χ1n) is 4.60. The quantitative estimate of drug-likeness (QED) is 0.873. The van der Waals surface area contributed by atoms with Gasteiger partial charge in [0.1, 0.15) is 0 Å². The van der Waals surface area contributed by atoms with Crippen molar-refractivity contribution in [1.82, 2.24) is 4.98 Å². The minimum Gasteiger partial charge on any atom is -0.320 e.